The van der Waals surface area contributed by atoms with E-state index >= 15 is 0 Å². The van der Waals surface area contributed by atoms with Gasteiger partial charge in [-0.15, -0.1) is 10.2 Å². The fourth-order valence-electron chi connectivity index (χ4n) is 1.54. The van der Waals surface area contributed by atoms with Gasteiger partial charge in [-0.2, -0.15) is 13.2 Å². The Morgan fingerprint density at radius 2 is 2.09 bits per heavy atom. The molecule has 0 saturated carbocycles. The average molecular weight is 351 g/mol. The van der Waals surface area contributed by atoms with E-state index in [1.165, 1.54) is 0 Å². The highest BCUT2D eigenvalue weighted by molar-refractivity contribution is 7.15. The van der Waals surface area contributed by atoms with E-state index in [1.54, 1.807) is 18.2 Å². The number of nitrogens with one attached hydrogen (secondary N) is 2. The Balaban J connectivity index is 1.80. The largest absolute Gasteiger partial charge is 0.445 e. The van der Waals surface area contributed by atoms with Gasteiger partial charge in [-0.05, 0) is 24.1 Å². The van der Waals surface area contributed by atoms with Gasteiger partial charge in [0.05, 0.1) is 0 Å². The van der Waals surface area contributed by atoms with Crippen LogP contribution >= 0.6 is 22.9 Å². The molecule has 5 nitrogen and oxygen atoms in total. The average Bonchev–Trinajstić information content (AvgIpc) is 2.87. The number of carbonyl (C=O) groups is 1. The number of halogens is 4. The van der Waals surface area contributed by atoms with Crippen molar-refractivity contribution in [1.29, 1.82) is 0 Å². The second-order valence-corrected chi connectivity index (χ2v) is 5.58. The zero-order valence-electron chi connectivity index (χ0n) is 10.9. The van der Waals surface area contributed by atoms with E-state index in [9.17, 15) is 18.0 Å². The minimum absolute atomic E-state index is 0.215. The highest BCUT2D eigenvalue weighted by Crippen LogP contribution is 2.32. The number of aromatic nitrogens is 2. The van der Waals surface area contributed by atoms with E-state index < -0.39 is 17.2 Å². The molecule has 0 saturated heterocycles. The zero-order valence-corrected chi connectivity index (χ0v) is 12.5. The van der Waals surface area contributed by atoms with Crippen LogP contribution in [-0.2, 0) is 12.6 Å². The topological polar surface area (TPSA) is 66.9 Å². The van der Waals surface area contributed by atoms with E-state index in [4.69, 9.17) is 11.6 Å². The van der Waals surface area contributed by atoms with Crippen LogP contribution in [0.15, 0.2) is 24.3 Å². The molecular formula is C12H10ClF3N4OS. The van der Waals surface area contributed by atoms with Crippen LogP contribution in [-0.4, -0.2) is 22.8 Å². The van der Waals surface area contributed by atoms with Crippen LogP contribution < -0.4 is 10.6 Å². The summed E-state index contributed by atoms with van der Waals surface area (Å²) in [6.07, 6.45) is -4.03. The summed E-state index contributed by atoms with van der Waals surface area (Å²) in [4.78, 5) is 11.5. The molecule has 0 bridgehead atoms. The predicted octanol–water partition coefficient (Wildman–Crippen LogP) is 3.57. The summed E-state index contributed by atoms with van der Waals surface area (Å²) in [6.45, 7) is 0.303. The van der Waals surface area contributed by atoms with Crippen LogP contribution in [0.3, 0.4) is 0 Å². The van der Waals surface area contributed by atoms with E-state index in [0.29, 0.717) is 18.0 Å². The summed E-state index contributed by atoms with van der Waals surface area (Å²) >= 11 is 6.09. The molecule has 1 aromatic heterocycles. The summed E-state index contributed by atoms with van der Waals surface area (Å²) < 4.78 is 37.0. The molecule has 0 spiro atoms. The van der Waals surface area contributed by atoms with Gasteiger partial charge >= 0.3 is 12.2 Å². The fraction of sp³-hybridized carbons (Fsp3) is 0.250. The van der Waals surface area contributed by atoms with Crippen molar-refractivity contribution in [3.8, 4) is 0 Å². The van der Waals surface area contributed by atoms with Gasteiger partial charge in [-0.25, -0.2) is 4.79 Å². The van der Waals surface area contributed by atoms with Crippen molar-refractivity contribution < 1.29 is 18.0 Å². The number of hydrogen-bond donors (Lipinski definition) is 2. The first-order valence-electron chi connectivity index (χ1n) is 6.04. The molecule has 0 fully saturated rings. The Morgan fingerprint density at radius 3 is 2.73 bits per heavy atom. The predicted molar refractivity (Wildman–Crippen MR) is 77.1 cm³/mol. The third kappa shape index (κ3) is 4.85. The van der Waals surface area contributed by atoms with Crippen LogP contribution in [0, 0.1) is 0 Å². The van der Waals surface area contributed by atoms with E-state index in [0.717, 1.165) is 5.56 Å². The van der Waals surface area contributed by atoms with Gasteiger partial charge in [-0.1, -0.05) is 35.1 Å². The van der Waals surface area contributed by atoms with Gasteiger partial charge in [0.1, 0.15) is 0 Å². The zero-order chi connectivity index (χ0) is 16.2. The quantitative estimate of drug-likeness (QED) is 0.885. The maximum Gasteiger partial charge on any atom is 0.445 e. The van der Waals surface area contributed by atoms with E-state index in [1.807, 2.05) is 6.07 Å². The van der Waals surface area contributed by atoms with Crippen molar-refractivity contribution in [2.24, 2.45) is 0 Å². The SMILES string of the molecule is O=C(NCCc1cccc(Cl)c1)Nc1nnc(C(F)(F)F)s1. The first kappa shape index (κ1) is 16.5. The van der Waals surface area contributed by atoms with Gasteiger partial charge in [0, 0.05) is 11.6 Å². The van der Waals surface area contributed by atoms with E-state index in [-0.39, 0.29) is 16.5 Å². The standard InChI is InChI=1S/C12H10ClF3N4OS/c13-8-3-1-2-7(6-8)4-5-17-10(21)18-11-20-19-9(22-11)12(14,15)16/h1-3,6H,4-5H2,(H2,17,18,20,21). The number of benzene rings is 1. The van der Waals surface area contributed by atoms with Gasteiger partial charge in [0.15, 0.2) is 0 Å². The maximum atomic E-state index is 12.3. The van der Waals surface area contributed by atoms with Crippen molar-refractivity contribution in [2.45, 2.75) is 12.6 Å². The van der Waals surface area contributed by atoms with Crippen LogP contribution in [0.25, 0.3) is 0 Å². The second-order valence-electron chi connectivity index (χ2n) is 4.17. The molecule has 2 rings (SSSR count). The Kier molecular flexibility index (Phi) is 5.19. The van der Waals surface area contributed by atoms with Crippen LogP contribution in [0.2, 0.25) is 5.02 Å². The molecule has 2 N–H and O–H groups in total. The molecule has 0 atom stereocenters. The third-order valence-corrected chi connectivity index (χ3v) is 3.59. The van der Waals surface area contributed by atoms with Gasteiger partial charge in [-0.3, -0.25) is 5.32 Å². The number of hydrogen-bond acceptors (Lipinski definition) is 4. The lowest BCUT2D eigenvalue weighted by molar-refractivity contribution is -0.138. The first-order chi connectivity index (χ1) is 10.3. The number of carbonyl (C=O) groups excluding carboxylic acids is 1. The Bertz CT molecular complexity index is 662. The molecule has 0 unspecified atom stereocenters. The molecule has 0 aliphatic carbocycles. The summed E-state index contributed by atoms with van der Waals surface area (Å²) in [7, 11) is 0. The van der Waals surface area contributed by atoms with Crippen LogP contribution in [0.1, 0.15) is 10.6 Å². The molecule has 0 aliphatic heterocycles. The molecule has 22 heavy (non-hydrogen) atoms. The Hall–Kier alpha value is -1.87. The summed E-state index contributed by atoms with van der Waals surface area (Å²) in [5.74, 6) is 0. The van der Waals surface area contributed by atoms with Crippen LogP contribution in [0.5, 0.6) is 0 Å². The van der Waals surface area contributed by atoms with Crippen molar-refractivity contribution in [3.63, 3.8) is 0 Å². The third-order valence-electron chi connectivity index (χ3n) is 2.48. The summed E-state index contributed by atoms with van der Waals surface area (Å²) in [5, 5.41) is 10.2. The second kappa shape index (κ2) is 6.93. The highest BCUT2D eigenvalue weighted by Gasteiger charge is 2.35. The molecule has 10 heteroatoms. The molecule has 1 aromatic carbocycles. The molecule has 2 amide bonds. The lowest BCUT2D eigenvalue weighted by atomic mass is 10.1. The number of urea groups is 1. The number of alkyl halides is 3. The van der Waals surface area contributed by atoms with Gasteiger partial charge in [0.2, 0.25) is 10.1 Å². The monoisotopic (exact) mass is 350 g/mol. The smallest absolute Gasteiger partial charge is 0.337 e. The first-order valence-corrected chi connectivity index (χ1v) is 7.24. The van der Waals surface area contributed by atoms with Crippen molar-refractivity contribution in [1.82, 2.24) is 15.5 Å². The maximum absolute atomic E-state index is 12.3. The lowest BCUT2D eigenvalue weighted by Gasteiger charge is -2.05. The molecule has 0 aliphatic rings. The van der Waals surface area contributed by atoms with E-state index in [2.05, 4.69) is 20.8 Å². The Morgan fingerprint density at radius 1 is 1.32 bits per heavy atom. The highest BCUT2D eigenvalue weighted by atomic mass is 35.5. The van der Waals surface area contributed by atoms with Gasteiger partial charge < -0.3 is 5.32 Å². The molecule has 118 valence electrons. The normalized spacial score (nSPS) is 11.3. The Labute approximate surface area is 132 Å². The minimum Gasteiger partial charge on any atom is -0.337 e. The van der Waals surface area contributed by atoms with Crippen molar-refractivity contribution >= 4 is 34.1 Å². The molecule has 0 radical (unpaired) electrons. The number of nitrogens with zero attached hydrogens (tertiary/aromatic N) is 2. The fourth-order valence-corrected chi connectivity index (χ4v) is 2.36. The lowest BCUT2D eigenvalue weighted by Crippen LogP contribution is -2.30. The molecular weight excluding hydrogens is 341 g/mol. The molecule has 2 aromatic rings. The minimum atomic E-state index is -4.57. The molecule has 1 heterocycles. The number of anilines is 1. The summed E-state index contributed by atoms with van der Waals surface area (Å²) in [6, 6.07) is 6.50. The number of amides is 2. The van der Waals surface area contributed by atoms with Gasteiger partial charge in [0.25, 0.3) is 0 Å². The number of rotatable bonds is 4. The van der Waals surface area contributed by atoms with Crippen molar-refractivity contribution in [3.05, 3.63) is 39.9 Å². The van der Waals surface area contributed by atoms with Crippen molar-refractivity contribution in [2.75, 3.05) is 11.9 Å². The summed E-state index contributed by atoms with van der Waals surface area (Å²) in [5.41, 5.74) is 0.933. The van der Waals surface area contributed by atoms with Crippen LogP contribution in [0.4, 0.5) is 23.1 Å².